The Balaban J connectivity index is 1.86. The highest BCUT2D eigenvalue weighted by molar-refractivity contribution is 7.89. The van der Waals surface area contributed by atoms with Gasteiger partial charge in [0, 0.05) is 11.6 Å². The highest BCUT2D eigenvalue weighted by Crippen LogP contribution is 2.34. The van der Waals surface area contributed by atoms with Crippen molar-refractivity contribution >= 4 is 44.0 Å². The van der Waals surface area contributed by atoms with Crippen LogP contribution in [0.2, 0.25) is 10.0 Å². The highest BCUT2D eigenvalue weighted by atomic mass is 35.5. The Labute approximate surface area is 160 Å². The van der Waals surface area contributed by atoms with Gasteiger partial charge in [-0.3, -0.25) is 0 Å². The summed E-state index contributed by atoms with van der Waals surface area (Å²) in [6.07, 6.45) is -1.08. The highest BCUT2D eigenvalue weighted by Gasteiger charge is 2.23. The molecule has 0 aliphatic carbocycles. The van der Waals surface area contributed by atoms with Gasteiger partial charge in [0.1, 0.15) is 4.90 Å². The first-order valence-corrected chi connectivity index (χ1v) is 9.87. The molecule has 0 heterocycles. The molecule has 8 heteroatoms. The standard InChI is InChI=1S/C18H15Cl2NO4S/c19-12-8-15(20)18(23)17(9-12)26(24,25)21-10-16(22)14-7-3-5-11-4-1-2-6-13(11)14/h1-9,16,21-23H,10H2. The van der Waals surface area contributed by atoms with Crippen molar-refractivity contribution in [2.75, 3.05) is 6.54 Å². The molecule has 136 valence electrons. The van der Waals surface area contributed by atoms with E-state index in [1.807, 2.05) is 30.3 Å². The van der Waals surface area contributed by atoms with Gasteiger partial charge in [0.05, 0.1) is 11.1 Å². The van der Waals surface area contributed by atoms with E-state index in [4.69, 9.17) is 23.2 Å². The van der Waals surface area contributed by atoms with E-state index in [1.165, 1.54) is 6.07 Å². The Morgan fingerprint density at radius 1 is 1.04 bits per heavy atom. The third-order valence-electron chi connectivity index (χ3n) is 3.93. The molecule has 0 radical (unpaired) electrons. The Bertz CT molecular complexity index is 1060. The van der Waals surface area contributed by atoms with Crippen molar-refractivity contribution in [1.29, 1.82) is 0 Å². The van der Waals surface area contributed by atoms with Crippen molar-refractivity contribution in [2.24, 2.45) is 0 Å². The Morgan fingerprint density at radius 2 is 1.73 bits per heavy atom. The van der Waals surface area contributed by atoms with Crippen LogP contribution in [0.4, 0.5) is 0 Å². The lowest BCUT2D eigenvalue weighted by Crippen LogP contribution is -2.28. The fourth-order valence-corrected chi connectivity index (χ4v) is 4.46. The number of benzene rings is 3. The maximum absolute atomic E-state index is 12.5. The monoisotopic (exact) mass is 411 g/mol. The van der Waals surface area contributed by atoms with Gasteiger partial charge in [-0.2, -0.15) is 0 Å². The van der Waals surface area contributed by atoms with Crippen LogP contribution in [-0.2, 0) is 10.0 Å². The van der Waals surface area contributed by atoms with Crippen LogP contribution in [0.1, 0.15) is 11.7 Å². The van der Waals surface area contributed by atoms with E-state index < -0.39 is 26.8 Å². The maximum Gasteiger partial charge on any atom is 0.244 e. The van der Waals surface area contributed by atoms with Gasteiger partial charge < -0.3 is 10.2 Å². The van der Waals surface area contributed by atoms with Crippen LogP contribution in [0.15, 0.2) is 59.5 Å². The smallest absolute Gasteiger partial charge is 0.244 e. The molecule has 0 bridgehead atoms. The molecule has 3 rings (SSSR count). The largest absolute Gasteiger partial charge is 0.505 e. The number of hydrogen-bond donors (Lipinski definition) is 3. The molecule has 0 spiro atoms. The van der Waals surface area contributed by atoms with E-state index in [2.05, 4.69) is 4.72 Å². The first-order valence-electron chi connectivity index (χ1n) is 7.63. The van der Waals surface area contributed by atoms with Crippen LogP contribution >= 0.6 is 23.2 Å². The summed E-state index contributed by atoms with van der Waals surface area (Å²) in [4.78, 5) is -0.444. The number of nitrogens with one attached hydrogen (secondary N) is 1. The number of aliphatic hydroxyl groups is 1. The minimum atomic E-state index is -4.12. The summed E-state index contributed by atoms with van der Waals surface area (Å²) in [5.41, 5.74) is 0.596. The summed E-state index contributed by atoms with van der Waals surface area (Å²) < 4.78 is 27.2. The van der Waals surface area contributed by atoms with E-state index in [1.54, 1.807) is 12.1 Å². The molecule has 0 amide bonds. The number of phenols is 1. The Morgan fingerprint density at radius 3 is 2.50 bits per heavy atom. The second-order valence-electron chi connectivity index (χ2n) is 5.67. The molecule has 5 nitrogen and oxygen atoms in total. The lowest BCUT2D eigenvalue weighted by Gasteiger charge is -2.15. The van der Waals surface area contributed by atoms with Crippen LogP contribution in [0.25, 0.3) is 10.8 Å². The minimum absolute atomic E-state index is 0.0720. The van der Waals surface area contributed by atoms with Crippen molar-refractivity contribution in [3.63, 3.8) is 0 Å². The summed E-state index contributed by atoms with van der Waals surface area (Å²) in [5, 5.41) is 22.0. The molecular weight excluding hydrogens is 397 g/mol. The van der Waals surface area contributed by atoms with Crippen LogP contribution in [0.5, 0.6) is 5.75 Å². The minimum Gasteiger partial charge on any atom is -0.505 e. The van der Waals surface area contributed by atoms with Gasteiger partial charge in [0.2, 0.25) is 10.0 Å². The van der Waals surface area contributed by atoms with Crippen molar-refractivity contribution in [1.82, 2.24) is 4.72 Å². The third kappa shape index (κ3) is 3.79. The number of aliphatic hydroxyl groups excluding tert-OH is 1. The summed E-state index contributed by atoms with van der Waals surface area (Å²) in [6.45, 7) is -0.278. The zero-order valence-corrected chi connectivity index (χ0v) is 15.7. The summed E-state index contributed by atoms with van der Waals surface area (Å²) in [7, 11) is -4.12. The van der Waals surface area contributed by atoms with Crippen molar-refractivity contribution in [2.45, 2.75) is 11.0 Å². The molecule has 0 aliphatic rings. The lowest BCUT2D eigenvalue weighted by molar-refractivity contribution is 0.183. The van der Waals surface area contributed by atoms with Crippen LogP contribution in [-0.4, -0.2) is 25.2 Å². The molecule has 26 heavy (non-hydrogen) atoms. The predicted molar refractivity (Wildman–Crippen MR) is 102 cm³/mol. The van der Waals surface area contributed by atoms with Crippen LogP contribution in [0.3, 0.4) is 0 Å². The van der Waals surface area contributed by atoms with Gasteiger partial charge in [0.15, 0.2) is 5.75 Å². The summed E-state index contributed by atoms with van der Waals surface area (Å²) in [5.74, 6) is -0.594. The number of rotatable bonds is 5. The number of halogens is 2. The number of phenolic OH excluding ortho intramolecular Hbond substituents is 1. The van der Waals surface area contributed by atoms with E-state index in [0.29, 0.717) is 5.56 Å². The average Bonchev–Trinajstić information content (AvgIpc) is 2.62. The first kappa shape index (κ1) is 18.9. The fourth-order valence-electron chi connectivity index (χ4n) is 2.66. The van der Waals surface area contributed by atoms with Crippen molar-refractivity contribution in [3.05, 3.63) is 70.2 Å². The zero-order chi connectivity index (χ0) is 18.9. The molecule has 1 atom stereocenters. The second-order valence-corrected chi connectivity index (χ2v) is 8.25. The van der Waals surface area contributed by atoms with Crippen LogP contribution in [0, 0.1) is 0 Å². The molecule has 0 saturated heterocycles. The molecule has 3 aromatic rings. The molecule has 3 N–H and O–H groups in total. The zero-order valence-electron chi connectivity index (χ0n) is 13.4. The fraction of sp³-hybridized carbons (Fsp3) is 0.111. The van der Waals surface area contributed by atoms with Crippen molar-refractivity contribution in [3.8, 4) is 5.75 Å². The summed E-state index contributed by atoms with van der Waals surface area (Å²) >= 11 is 11.6. The van der Waals surface area contributed by atoms with Gasteiger partial charge in [-0.15, -0.1) is 0 Å². The molecule has 0 saturated carbocycles. The number of sulfonamides is 1. The topological polar surface area (TPSA) is 86.6 Å². The molecular formula is C18H15Cl2NO4S. The van der Waals surface area contributed by atoms with Gasteiger partial charge in [-0.25, -0.2) is 13.1 Å². The summed E-state index contributed by atoms with van der Waals surface area (Å²) in [6, 6.07) is 15.2. The Hall–Kier alpha value is -1.83. The first-order chi connectivity index (χ1) is 12.3. The Kier molecular flexibility index (Phi) is 5.41. The van der Waals surface area contributed by atoms with Crippen LogP contribution < -0.4 is 4.72 Å². The lowest BCUT2D eigenvalue weighted by atomic mass is 10.0. The number of hydrogen-bond acceptors (Lipinski definition) is 4. The molecule has 0 fully saturated rings. The van der Waals surface area contributed by atoms with Gasteiger partial charge >= 0.3 is 0 Å². The molecule has 0 aromatic heterocycles. The SMILES string of the molecule is O=S(=O)(NCC(O)c1cccc2ccccc12)c1cc(Cl)cc(Cl)c1O. The normalized spacial score (nSPS) is 13.0. The van der Waals surface area contributed by atoms with Gasteiger partial charge in [-0.05, 0) is 28.5 Å². The van der Waals surface area contributed by atoms with E-state index in [9.17, 15) is 18.6 Å². The molecule has 3 aromatic carbocycles. The number of fused-ring (bicyclic) bond motifs is 1. The maximum atomic E-state index is 12.5. The predicted octanol–water partition coefficient (Wildman–Crippen LogP) is 3.86. The van der Waals surface area contributed by atoms with E-state index in [-0.39, 0.29) is 16.6 Å². The van der Waals surface area contributed by atoms with Gasteiger partial charge in [-0.1, -0.05) is 65.7 Å². The third-order valence-corrected chi connectivity index (χ3v) is 5.88. The number of aromatic hydroxyl groups is 1. The molecule has 0 aliphatic heterocycles. The van der Waals surface area contributed by atoms with E-state index in [0.717, 1.165) is 16.8 Å². The van der Waals surface area contributed by atoms with Gasteiger partial charge in [0.25, 0.3) is 0 Å². The quantitative estimate of drug-likeness (QED) is 0.594. The van der Waals surface area contributed by atoms with Crippen molar-refractivity contribution < 1.29 is 18.6 Å². The molecule has 1 unspecified atom stereocenters. The average molecular weight is 412 g/mol. The van der Waals surface area contributed by atoms with E-state index >= 15 is 0 Å². The second kappa shape index (κ2) is 7.42.